The van der Waals surface area contributed by atoms with Crippen molar-refractivity contribution in [2.45, 2.75) is 64.0 Å². The van der Waals surface area contributed by atoms with Gasteiger partial charge in [-0.2, -0.15) is 0 Å². The molecule has 3 heteroatoms. The summed E-state index contributed by atoms with van der Waals surface area (Å²) in [6, 6.07) is 4.50. The molecule has 3 rings (SSSR count). The predicted molar refractivity (Wildman–Crippen MR) is 73.9 cm³/mol. The summed E-state index contributed by atoms with van der Waals surface area (Å²) >= 11 is 0. The van der Waals surface area contributed by atoms with Crippen LogP contribution < -0.4 is 0 Å². The highest BCUT2D eigenvalue weighted by Crippen LogP contribution is 2.37. The molecule has 3 nitrogen and oxygen atoms in total. The second-order valence-corrected chi connectivity index (χ2v) is 6.00. The van der Waals surface area contributed by atoms with Crippen LogP contribution in [0, 0.1) is 5.92 Å². The first-order valence-electron chi connectivity index (χ1n) is 7.65. The second-order valence-electron chi connectivity index (χ2n) is 6.00. The van der Waals surface area contributed by atoms with Crippen LogP contribution in [0.25, 0.3) is 0 Å². The van der Waals surface area contributed by atoms with Crippen LogP contribution in [0.3, 0.4) is 0 Å². The van der Waals surface area contributed by atoms with Crippen LogP contribution >= 0.6 is 0 Å². The number of carbonyl (C=O) groups excluding carboxylic acids is 1. The standard InChI is InChI=1S/C16H23NO2/c1-2-12-5-7-13(8-6-12)17(14-9-10-14)16(18)15-4-3-11-19-15/h3-4,11-14H,2,5-10H2,1H3. The van der Waals surface area contributed by atoms with E-state index in [4.69, 9.17) is 4.42 Å². The number of nitrogens with zero attached hydrogens (tertiary/aromatic N) is 1. The van der Waals surface area contributed by atoms with E-state index < -0.39 is 0 Å². The van der Waals surface area contributed by atoms with Gasteiger partial charge < -0.3 is 9.32 Å². The Labute approximate surface area is 115 Å². The Hall–Kier alpha value is -1.25. The molecule has 2 aliphatic carbocycles. The van der Waals surface area contributed by atoms with Gasteiger partial charge in [-0.1, -0.05) is 13.3 Å². The van der Waals surface area contributed by atoms with Crippen molar-refractivity contribution in [3.05, 3.63) is 24.2 Å². The summed E-state index contributed by atoms with van der Waals surface area (Å²) in [5.41, 5.74) is 0. The van der Waals surface area contributed by atoms with Crippen molar-refractivity contribution in [3.8, 4) is 0 Å². The Morgan fingerprint density at radius 1 is 1.21 bits per heavy atom. The van der Waals surface area contributed by atoms with Gasteiger partial charge in [0.25, 0.3) is 5.91 Å². The first kappa shape index (κ1) is 12.8. The van der Waals surface area contributed by atoms with Gasteiger partial charge in [0.2, 0.25) is 0 Å². The summed E-state index contributed by atoms with van der Waals surface area (Å²) in [6.45, 7) is 2.28. The van der Waals surface area contributed by atoms with Gasteiger partial charge in [-0.25, -0.2) is 0 Å². The zero-order valence-electron chi connectivity index (χ0n) is 11.7. The normalized spacial score (nSPS) is 27.2. The maximum absolute atomic E-state index is 12.6. The van der Waals surface area contributed by atoms with E-state index >= 15 is 0 Å². The van der Waals surface area contributed by atoms with E-state index in [-0.39, 0.29) is 5.91 Å². The average molecular weight is 261 g/mol. The lowest BCUT2D eigenvalue weighted by Gasteiger charge is -2.36. The molecule has 0 atom stereocenters. The molecule has 0 aromatic carbocycles. The lowest BCUT2D eigenvalue weighted by molar-refractivity contribution is 0.0555. The summed E-state index contributed by atoms with van der Waals surface area (Å²) < 4.78 is 5.30. The third-order valence-corrected chi connectivity index (χ3v) is 4.69. The topological polar surface area (TPSA) is 33.5 Å². The molecule has 1 aromatic heterocycles. The summed E-state index contributed by atoms with van der Waals surface area (Å²) in [5.74, 6) is 1.48. The molecular formula is C16H23NO2. The molecule has 0 spiro atoms. The lowest BCUT2D eigenvalue weighted by atomic mass is 9.84. The summed E-state index contributed by atoms with van der Waals surface area (Å²) in [7, 11) is 0. The van der Waals surface area contributed by atoms with Crippen LogP contribution in [-0.4, -0.2) is 22.9 Å². The fourth-order valence-electron chi connectivity index (χ4n) is 3.34. The summed E-state index contributed by atoms with van der Waals surface area (Å²) in [4.78, 5) is 14.7. The smallest absolute Gasteiger partial charge is 0.290 e. The van der Waals surface area contributed by atoms with Gasteiger partial charge in [0.15, 0.2) is 5.76 Å². The largest absolute Gasteiger partial charge is 0.459 e. The van der Waals surface area contributed by atoms with Crippen molar-refractivity contribution in [2.24, 2.45) is 5.92 Å². The van der Waals surface area contributed by atoms with Crippen LogP contribution in [0.2, 0.25) is 0 Å². The second kappa shape index (κ2) is 5.40. The number of hydrogen-bond acceptors (Lipinski definition) is 2. The van der Waals surface area contributed by atoms with Crippen LogP contribution in [0.1, 0.15) is 62.4 Å². The van der Waals surface area contributed by atoms with Gasteiger partial charge in [0.05, 0.1) is 6.26 Å². The Balaban J connectivity index is 1.70. The maximum Gasteiger partial charge on any atom is 0.290 e. The van der Waals surface area contributed by atoms with Crippen molar-refractivity contribution in [1.29, 1.82) is 0 Å². The Kier molecular flexibility index (Phi) is 3.63. The number of hydrogen-bond donors (Lipinski definition) is 0. The molecule has 1 aromatic rings. The molecule has 0 saturated heterocycles. The van der Waals surface area contributed by atoms with E-state index in [9.17, 15) is 4.79 Å². The Morgan fingerprint density at radius 3 is 2.32 bits per heavy atom. The van der Waals surface area contributed by atoms with Crippen molar-refractivity contribution in [1.82, 2.24) is 4.90 Å². The molecule has 0 unspecified atom stereocenters. The summed E-state index contributed by atoms with van der Waals surface area (Å²) in [6.07, 6.45) is 10.1. The molecule has 0 N–H and O–H groups in total. The van der Waals surface area contributed by atoms with Crippen LogP contribution in [-0.2, 0) is 0 Å². The molecule has 2 fully saturated rings. The number of amides is 1. The minimum absolute atomic E-state index is 0.104. The number of carbonyl (C=O) groups is 1. The molecule has 0 bridgehead atoms. The van der Waals surface area contributed by atoms with E-state index in [1.807, 2.05) is 0 Å². The van der Waals surface area contributed by atoms with E-state index in [0.717, 1.165) is 5.92 Å². The van der Waals surface area contributed by atoms with E-state index in [2.05, 4.69) is 11.8 Å². The van der Waals surface area contributed by atoms with Crippen LogP contribution in [0.15, 0.2) is 22.8 Å². The fraction of sp³-hybridized carbons (Fsp3) is 0.688. The van der Waals surface area contributed by atoms with Gasteiger partial charge in [-0.05, 0) is 56.6 Å². The first-order chi connectivity index (χ1) is 9.29. The monoisotopic (exact) mass is 261 g/mol. The molecule has 2 aliphatic rings. The highest BCUT2D eigenvalue weighted by atomic mass is 16.3. The third-order valence-electron chi connectivity index (χ3n) is 4.69. The zero-order valence-corrected chi connectivity index (χ0v) is 11.7. The Morgan fingerprint density at radius 2 is 1.84 bits per heavy atom. The maximum atomic E-state index is 12.6. The predicted octanol–water partition coefficient (Wildman–Crippen LogP) is 3.85. The number of furan rings is 1. The number of rotatable bonds is 4. The molecule has 104 valence electrons. The third kappa shape index (κ3) is 2.70. The fourth-order valence-corrected chi connectivity index (χ4v) is 3.34. The van der Waals surface area contributed by atoms with E-state index in [1.54, 1.807) is 18.4 Å². The molecule has 19 heavy (non-hydrogen) atoms. The molecule has 0 radical (unpaired) electrons. The Bertz CT molecular complexity index is 414. The van der Waals surface area contributed by atoms with Gasteiger partial charge in [-0.15, -0.1) is 0 Å². The van der Waals surface area contributed by atoms with Crippen molar-refractivity contribution < 1.29 is 9.21 Å². The van der Waals surface area contributed by atoms with Gasteiger partial charge in [0, 0.05) is 12.1 Å². The first-order valence-corrected chi connectivity index (χ1v) is 7.65. The highest BCUT2D eigenvalue weighted by molar-refractivity contribution is 5.92. The lowest BCUT2D eigenvalue weighted by Crippen LogP contribution is -2.43. The van der Waals surface area contributed by atoms with Crippen LogP contribution in [0.5, 0.6) is 0 Å². The minimum atomic E-state index is 0.104. The summed E-state index contributed by atoms with van der Waals surface area (Å²) in [5, 5.41) is 0. The molecule has 1 heterocycles. The van der Waals surface area contributed by atoms with Crippen molar-refractivity contribution in [2.75, 3.05) is 0 Å². The molecule has 0 aliphatic heterocycles. The zero-order chi connectivity index (χ0) is 13.2. The van der Waals surface area contributed by atoms with E-state index in [1.165, 1.54) is 44.9 Å². The molecule has 1 amide bonds. The van der Waals surface area contributed by atoms with E-state index in [0.29, 0.717) is 17.8 Å². The van der Waals surface area contributed by atoms with Crippen molar-refractivity contribution in [3.63, 3.8) is 0 Å². The van der Waals surface area contributed by atoms with Gasteiger partial charge in [0.1, 0.15) is 0 Å². The minimum Gasteiger partial charge on any atom is -0.459 e. The van der Waals surface area contributed by atoms with Crippen LogP contribution in [0.4, 0.5) is 0 Å². The quantitative estimate of drug-likeness (QED) is 0.824. The highest BCUT2D eigenvalue weighted by Gasteiger charge is 2.39. The average Bonchev–Trinajstić information content (AvgIpc) is 3.12. The van der Waals surface area contributed by atoms with Gasteiger partial charge >= 0.3 is 0 Å². The van der Waals surface area contributed by atoms with Gasteiger partial charge in [-0.3, -0.25) is 4.79 Å². The van der Waals surface area contributed by atoms with Crippen molar-refractivity contribution >= 4 is 5.91 Å². The molecule has 2 saturated carbocycles. The SMILES string of the molecule is CCC1CCC(N(C(=O)c2ccco2)C2CC2)CC1. The molecular weight excluding hydrogens is 238 g/mol.